The van der Waals surface area contributed by atoms with Crippen molar-refractivity contribution in [2.75, 3.05) is 32.8 Å². The average Bonchev–Trinajstić information content (AvgIpc) is 2.30. The van der Waals surface area contributed by atoms with Crippen LogP contribution in [-0.2, 0) is 9.53 Å². The van der Waals surface area contributed by atoms with E-state index in [4.69, 9.17) is 10.5 Å². The first-order valence-electron chi connectivity index (χ1n) is 6.73. The number of carbonyl (C=O) groups excluding carboxylic acids is 1. The molecule has 1 rings (SSSR count). The molecule has 0 aromatic rings. The molecule has 0 bridgehead atoms. The van der Waals surface area contributed by atoms with Crippen LogP contribution >= 0.6 is 0 Å². The van der Waals surface area contributed by atoms with Crippen molar-refractivity contribution in [2.24, 2.45) is 5.73 Å². The fourth-order valence-electron chi connectivity index (χ4n) is 1.98. The van der Waals surface area contributed by atoms with Gasteiger partial charge in [-0.1, -0.05) is 5.92 Å². The van der Waals surface area contributed by atoms with E-state index in [-0.39, 0.29) is 5.78 Å². The first-order valence-corrected chi connectivity index (χ1v) is 6.73. The fourth-order valence-corrected chi connectivity index (χ4v) is 1.98. The Kier molecular flexibility index (Phi) is 7.66. The Labute approximate surface area is 110 Å². The molecule has 2 N–H and O–H groups in total. The zero-order valence-corrected chi connectivity index (χ0v) is 11.3. The van der Waals surface area contributed by atoms with Gasteiger partial charge in [-0.25, -0.2) is 0 Å². The number of carbonyl (C=O) groups is 1. The lowest BCUT2D eigenvalue weighted by atomic mass is 10.1. The predicted octanol–water partition coefficient (Wildman–Crippen LogP) is 0.799. The minimum Gasteiger partial charge on any atom is -0.381 e. The van der Waals surface area contributed by atoms with Gasteiger partial charge in [0.2, 0.25) is 5.78 Å². The molecule has 0 saturated carbocycles. The van der Waals surface area contributed by atoms with Gasteiger partial charge in [-0.05, 0) is 32.1 Å². The topological polar surface area (TPSA) is 55.6 Å². The Morgan fingerprint density at radius 2 is 2.06 bits per heavy atom. The normalized spacial score (nSPS) is 15.9. The number of unbranched alkanes of at least 4 members (excludes halogenated alkanes) is 1. The summed E-state index contributed by atoms with van der Waals surface area (Å²) < 4.78 is 5.52. The van der Waals surface area contributed by atoms with Crippen molar-refractivity contribution in [1.29, 1.82) is 0 Å². The second-order valence-corrected chi connectivity index (χ2v) is 4.74. The van der Waals surface area contributed by atoms with Crippen LogP contribution in [0.4, 0.5) is 0 Å². The maximum Gasteiger partial charge on any atom is 0.205 e. The Hall–Kier alpha value is -0.890. The molecule has 1 aliphatic heterocycles. The second kappa shape index (κ2) is 9.09. The van der Waals surface area contributed by atoms with Crippen LogP contribution in [0, 0.1) is 11.8 Å². The van der Waals surface area contributed by atoms with E-state index >= 15 is 0 Å². The van der Waals surface area contributed by atoms with E-state index in [1.807, 2.05) is 0 Å². The van der Waals surface area contributed by atoms with Gasteiger partial charge in [-0.2, -0.15) is 0 Å². The third kappa shape index (κ3) is 6.75. The molecule has 102 valence electrons. The molecule has 0 spiro atoms. The van der Waals surface area contributed by atoms with Crippen LogP contribution in [0.3, 0.4) is 0 Å². The first kappa shape index (κ1) is 15.2. The summed E-state index contributed by atoms with van der Waals surface area (Å²) in [6.07, 6.45) is 3.42. The zero-order chi connectivity index (χ0) is 13.2. The zero-order valence-electron chi connectivity index (χ0n) is 11.3. The minimum absolute atomic E-state index is 0.0339. The summed E-state index contributed by atoms with van der Waals surface area (Å²) in [6.45, 7) is 6.37. The van der Waals surface area contributed by atoms with Crippen LogP contribution in [0.15, 0.2) is 0 Å². The molecule has 0 aromatic carbocycles. The van der Waals surface area contributed by atoms with Crippen LogP contribution in [0.5, 0.6) is 0 Å². The van der Waals surface area contributed by atoms with E-state index in [1.54, 1.807) is 6.92 Å². The number of hydrogen-bond donors (Lipinski definition) is 1. The summed E-state index contributed by atoms with van der Waals surface area (Å²) in [7, 11) is 0. The fraction of sp³-hybridized carbons (Fsp3) is 0.786. The summed E-state index contributed by atoms with van der Waals surface area (Å²) >= 11 is 0. The van der Waals surface area contributed by atoms with Crippen LogP contribution in [0.1, 0.15) is 32.6 Å². The van der Waals surface area contributed by atoms with Crippen molar-refractivity contribution in [3.05, 3.63) is 0 Å². The molecular formula is C14H24N2O2. The molecule has 1 saturated heterocycles. The van der Waals surface area contributed by atoms with E-state index in [0.29, 0.717) is 12.5 Å². The number of ether oxygens (including phenoxy) is 1. The van der Waals surface area contributed by atoms with Crippen molar-refractivity contribution in [3.8, 4) is 11.8 Å². The van der Waals surface area contributed by atoms with Crippen molar-refractivity contribution >= 4 is 5.78 Å². The molecule has 0 aromatic heterocycles. The highest BCUT2D eigenvalue weighted by Gasteiger charge is 2.21. The maximum atomic E-state index is 11.1. The maximum absolute atomic E-state index is 11.1. The number of ketones is 1. The van der Waals surface area contributed by atoms with Gasteiger partial charge >= 0.3 is 0 Å². The van der Waals surface area contributed by atoms with E-state index in [0.717, 1.165) is 52.1 Å². The van der Waals surface area contributed by atoms with E-state index < -0.39 is 0 Å². The summed E-state index contributed by atoms with van der Waals surface area (Å²) in [5.41, 5.74) is 5.69. The summed E-state index contributed by atoms with van der Waals surface area (Å²) in [5.74, 6) is 5.19. The van der Waals surface area contributed by atoms with E-state index in [1.165, 1.54) is 0 Å². The molecule has 1 heterocycles. The highest BCUT2D eigenvalue weighted by atomic mass is 16.5. The van der Waals surface area contributed by atoms with Crippen molar-refractivity contribution in [2.45, 2.75) is 38.6 Å². The van der Waals surface area contributed by atoms with Crippen molar-refractivity contribution < 1.29 is 9.53 Å². The minimum atomic E-state index is 0.0339. The molecule has 4 heteroatoms. The smallest absolute Gasteiger partial charge is 0.205 e. The van der Waals surface area contributed by atoms with Gasteiger partial charge in [0, 0.05) is 45.3 Å². The predicted molar refractivity (Wildman–Crippen MR) is 72.2 cm³/mol. The van der Waals surface area contributed by atoms with Gasteiger partial charge in [0.15, 0.2) is 0 Å². The highest BCUT2D eigenvalue weighted by Crippen LogP contribution is 2.05. The summed E-state index contributed by atoms with van der Waals surface area (Å²) in [5, 5.41) is 0. The number of nitrogens with two attached hydrogens (primary N) is 1. The third-order valence-corrected chi connectivity index (χ3v) is 2.96. The SMILES string of the molecule is CC#CC(=O)CCCCOCCCN1CC(N)C1. The quantitative estimate of drug-likeness (QED) is 0.375. The summed E-state index contributed by atoms with van der Waals surface area (Å²) in [4.78, 5) is 13.4. The van der Waals surface area contributed by atoms with E-state index in [9.17, 15) is 4.79 Å². The second-order valence-electron chi connectivity index (χ2n) is 4.74. The molecule has 0 radical (unpaired) electrons. The number of likely N-dealkylation sites (tertiary alicyclic amines) is 1. The van der Waals surface area contributed by atoms with Crippen LogP contribution < -0.4 is 5.73 Å². The highest BCUT2D eigenvalue weighted by molar-refractivity contribution is 5.95. The van der Waals surface area contributed by atoms with Gasteiger partial charge in [0.25, 0.3) is 0 Å². The summed E-state index contributed by atoms with van der Waals surface area (Å²) in [6, 6.07) is 0.384. The lowest BCUT2D eigenvalue weighted by molar-refractivity contribution is -0.113. The van der Waals surface area contributed by atoms with Gasteiger partial charge in [0.1, 0.15) is 0 Å². The Bertz CT molecular complexity index is 301. The molecule has 0 amide bonds. The van der Waals surface area contributed by atoms with Gasteiger partial charge in [-0.3, -0.25) is 4.79 Å². The standard InChI is InChI=1S/C14H24N2O2/c1-2-6-14(17)7-3-4-9-18-10-5-8-16-11-13(15)12-16/h13H,3-5,7-12,15H2,1H3. The number of rotatable bonds is 9. The van der Waals surface area contributed by atoms with Crippen LogP contribution in [-0.4, -0.2) is 49.6 Å². The van der Waals surface area contributed by atoms with Crippen LogP contribution in [0.25, 0.3) is 0 Å². The monoisotopic (exact) mass is 252 g/mol. The molecule has 0 unspecified atom stereocenters. The lowest BCUT2D eigenvalue weighted by Crippen LogP contribution is -2.55. The molecule has 1 aliphatic rings. The Balaban J connectivity index is 1.78. The third-order valence-electron chi connectivity index (χ3n) is 2.96. The van der Waals surface area contributed by atoms with Gasteiger partial charge in [-0.15, -0.1) is 0 Å². The van der Waals surface area contributed by atoms with E-state index in [2.05, 4.69) is 16.7 Å². The average molecular weight is 252 g/mol. The number of hydrogen-bond acceptors (Lipinski definition) is 4. The van der Waals surface area contributed by atoms with Crippen molar-refractivity contribution in [1.82, 2.24) is 4.90 Å². The molecule has 0 aliphatic carbocycles. The molecule has 18 heavy (non-hydrogen) atoms. The van der Waals surface area contributed by atoms with Gasteiger partial charge < -0.3 is 15.4 Å². The van der Waals surface area contributed by atoms with Crippen molar-refractivity contribution in [3.63, 3.8) is 0 Å². The molecule has 4 nitrogen and oxygen atoms in total. The lowest BCUT2D eigenvalue weighted by Gasteiger charge is -2.36. The van der Waals surface area contributed by atoms with Crippen LogP contribution in [0.2, 0.25) is 0 Å². The Morgan fingerprint density at radius 1 is 1.33 bits per heavy atom. The number of nitrogens with zero attached hydrogens (tertiary/aromatic N) is 1. The number of Topliss-reactive ketones (excluding diaryl/α,β-unsaturated/α-hetero) is 1. The molecular weight excluding hydrogens is 228 g/mol. The Morgan fingerprint density at radius 3 is 2.72 bits per heavy atom. The largest absolute Gasteiger partial charge is 0.381 e. The first-order chi connectivity index (χ1) is 8.72. The van der Waals surface area contributed by atoms with Gasteiger partial charge in [0.05, 0.1) is 0 Å². The molecule has 1 fully saturated rings. The molecule has 0 atom stereocenters.